The molecule has 0 aliphatic carbocycles. The largest absolute Gasteiger partial charge is 0.508 e. The van der Waals surface area contributed by atoms with Gasteiger partial charge in [0.15, 0.2) is 11.5 Å². The van der Waals surface area contributed by atoms with Crippen molar-refractivity contribution in [3.05, 3.63) is 42.0 Å². The summed E-state index contributed by atoms with van der Waals surface area (Å²) in [4.78, 5) is 25.2. The van der Waals surface area contributed by atoms with Crippen molar-refractivity contribution in [2.75, 3.05) is 4.90 Å². The Morgan fingerprint density at radius 2 is 1.70 bits per heavy atom. The number of anilines is 1. The summed E-state index contributed by atoms with van der Waals surface area (Å²) in [7, 11) is 0. The van der Waals surface area contributed by atoms with Crippen molar-refractivity contribution in [1.29, 1.82) is 0 Å². The van der Waals surface area contributed by atoms with Gasteiger partial charge >= 0.3 is 6.03 Å². The van der Waals surface area contributed by atoms with Gasteiger partial charge in [0, 0.05) is 11.6 Å². The molecule has 1 aliphatic rings. The molecule has 3 rings (SSSR count). The van der Waals surface area contributed by atoms with E-state index in [0.717, 1.165) is 11.0 Å². The molecule has 1 aliphatic heterocycles. The quantitative estimate of drug-likeness (QED) is 0.419. The molecule has 1 unspecified atom stereocenters. The standard InChI is InChI=1S/C15H12N2O6/c18-8-3-1-2-7(6-8)17-11(14(22)16-15(17)23)9-4-5-10(19)13(21)12(9)20/h1-6,11,18-21H,(H,16,22,23). The maximum Gasteiger partial charge on any atom is 0.329 e. The number of hydrogen-bond donors (Lipinski definition) is 5. The Kier molecular flexibility index (Phi) is 3.21. The number of hydrogen-bond acceptors (Lipinski definition) is 6. The first kappa shape index (κ1) is 14.5. The first-order valence-corrected chi connectivity index (χ1v) is 6.57. The molecule has 23 heavy (non-hydrogen) atoms. The van der Waals surface area contributed by atoms with Crippen molar-refractivity contribution in [3.8, 4) is 23.0 Å². The third kappa shape index (κ3) is 2.26. The van der Waals surface area contributed by atoms with Crippen LogP contribution in [0.25, 0.3) is 0 Å². The fourth-order valence-electron chi connectivity index (χ4n) is 2.46. The average Bonchev–Trinajstić information content (AvgIpc) is 2.79. The predicted octanol–water partition coefficient (Wildman–Crippen LogP) is 1.31. The van der Waals surface area contributed by atoms with E-state index in [-0.39, 0.29) is 17.0 Å². The average molecular weight is 316 g/mol. The van der Waals surface area contributed by atoms with Gasteiger partial charge in [0.05, 0.1) is 5.69 Å². The monoisotopic (exact) mass is 316 g/mol. The van der Waals surface area contributed by atoms with Gasteiger partial charge in [0.1, 0.15) is 11.8 Å². The van der Waals surface area contributed by atoms with Crippen molar-refractivity contribution in [3.63, 3.8) is 0 Å². The lowest BCUT2D eigenvalue weighted by molar-refractivity contribution is -0.120. The number of benzene rings is 2. The van der Waals surface area contributed by atoms with Crippen molar-refractivity contribution >= 4 is 17.6 Å². The maximum atomic E-state index is 12.1. The lowest BCUT2D eigenvalue weighted by Crippen LogP contribution is -2.29. The van der Waals surface area contributed by atoms with Gasteiger partial charge in [-0.2, -0.15) is 0 Å². The Bertz CT molecular complexity index is 820. The summed E-state index contributed by atoms with van der Waals surface area (Å²) < 4.78 is 0. The van der Waals surface area contributed by atoms with Gasteiger partial charge in [-0.05, 0) is 24.3 Å². The van der Waals surface area contributed by atoms with Gasteiger partial charge < -0.3 is 20.4 Å². The van der Waals surface area contributed by atoms with E-state index in [0.29, 0.717) is 0 Å². The van der Waals surface area contributed by atoms with Gasteiger partial charge in [0.2, 0.25) is 5.75 Å². The minimum Gasteiger partial charge on any atom is -0.508 e. The fourth-order valence-corrected chi connectivity index (χ4v) is 2.46. The smallest absolute Gasteiger partial charge is 0.329 e. The van der Waals surface area contributed by atoms with Crippen LogP contribution in [0.15, 0.2) is 36.4 Å². The van der Waals surface area contributed by atoms with Crippen LogP contribution >= 0.6 is 0 Å². The molecular weight excluding hydrogens is 304 g/mol. The van der Waals surface area contributed by atoms with Crippen LogP contribution in [-0.2, 0) is 4.79 Å². The van der Waals surface area contributed by atoms with Crippen LogP contribution in [0.3, 0.4) is 0 Å². The normalized spacial score (nSPS) is 17.4. The fraction of sp³-hybridized carbons (Fsp3) is 0.0667. The molecule has 8 heteroatoms. The molecular formula is C15H12N2O6. The first-order valence-electron chi connectivity index (χ1n) is 6.57. The van der Waals surface area contributed by atoms with E-state index in [1.54, 1.807) is 0 Å². The van der Waals surface area contributed by atoms with E-state index in [1.807, 2.05) is 0 Å². The summed E-state index contributed by atoms with van der Waals surface area (Å²) in [6.07, 6.45) is 0. The number of urea groups is 1. The van der Waals surface area contributed by atoms with E-state index in [9.17, 15) is 30.0 Å². The Balaban J connectivity index is 2.14. The Morgan fingerprint density at radius 1 is 0.957 bits per heavy atom. The van der Waals surface area contributed by atoms with Gasteiger partial charge in [0.25, 0.3) is 5.91 Å². The second-order valence-electron chi connectivity index (χ2n) is 4.96. The van der Waals surface area contributed by atoms with Crippen LogP contribution in [0.2, 0.25) is 0 Å². The van der Waals surface area contributed by atoms with Crippen molar-refractivity contribution in [2.24, 2.45) is 0 Å². The molecule has 3 amide bonds. The van der Waals surface area contributed by atoms with Crippen LogP contribution in [0.1, 0.15) is 11.6 Å². The number of carbonyl (C=O) groups is 2. The molecule has 5 N–H and O–H groups in total. The van der Waals surface area contributed by atoms with E-state index >= 15 is 0 Å². The molecule has 0 bridgehead atoms. The third-order valence-corrected chi connectivity index (χ3v) is 3.52. The molecule has 1 heterocycles. The zero-order valence-corrected chi connectivity index (χ0v) is 11.6. The van der Waals surface area contributed by atoms with Crippen LogP contribution in [0, 0.1) is 0 Å². The zero-order chi connectivity index (χ0) is 16.7. The highest BCUT2D eigenvalue weighted by molar-refractivity contribution is 6.14. The molecule has 0 radical (unpaired) electrons. The van der Waals surface area contributed by atoms with Gasteiger partial charge in [-0.25, -0.2) is 4.79 Å². The van der Waals surface area contributed by atoms with Gasteiger partial charge in [-0.1, -0.05) is 6.07 Å². The number of nitrogens with zero attached hydrogens (tertiary/aromatic N) is 1. The highest BCUT2D eigenvalue weighted by atomic mass is 16.3. The Hall–Kier alpha value is -3.42. The van der Waals surface area contributed by atoms with Crippen LogP contribution in [0.4, 0.5) is 10.5 Å². The maximum absolute atomic E-state index is 12.1. The van der Waals surface area contributed by atoms with Gasteiger partial charge in [-0.15, -0.1) is 0 Å². The first-order chi connectivity index (χ1) is 10.9. The molecule has 0 spiro atoms. The van der Waals surface area contributed by atoms with E-state index in [1.165, 1.54) is 30.3 Å². The predicted molar refractivity (Wildman–Crippen MR) is 78.3 cm³/mol. The van der Waals surface area contributed by atoms with E-state index in [4.69, 9.17) is 0 Å². The number of rotatable bonds is 2. The van der Waals surface area contributed by atoms with Crippen LogP contribution in [0.5, 0.6) is 23.0 Å². The summed E-state index contributed by atoms with van der Waals surface area (Å²) in [6.45, 7) is 0. The Labute approximate surface area is 129 Å². The van der Waals surface area contributed by atoms with E-state index < -0.39 is 35.2 Å². The number of phenols is 4. The van der Waals surface area contributed by atoms with Crippen LogP contribution in [-0.4, -0.2) is 32.4 Å². The second-order valence-corrected chi connectivity index (χ2v) is 4.96. The second kappa shape index (κ2) is 5.09. The SMILES string of the molecule is O=C1NC(=O)N(c2cccc(O)c2)C1c1ccc(O)c(O)c1O. The Morgan fingerprint density at radius 3 is 2.39 bits per heavy atom. The molecule has 8 nitrogen and oxygen atoms in total. The molecule has 1 atom stereocenters. The molecule has 1 fully saturated rings. The third-order valence-electron chi connectivity index (χ3n) is 3.52. The summed E-state index contributed by atoms with van der Waals surface area (Å²) in [6, 6.07) is 6.01. The highest BCUT2D eigenvalue weighted by Crippen LogP contribution is 2.43. The van der Waals surface area contributed by atoms with Crippen molar-refractivity contribution in [1.82, 2.24) is 5.32 Å². The molecule has 0 aromatic heterocycles. The van der Waals surface area contributed by atoms with Crippen molar-refractivity contribution in [2.45, 2.75) is 6.04 Å². The van der Waals surface area contributed by atoms with E-state index in [2.05, 4.69) is 5.32 Å². The summed E-state index contributed by atoms with van der Waals surface area (Å²) in [5.74, 6) is -2.86. The molecule has 0 saturated carbocycles. The minimum absolute atomic E-state index is 0.0630. The topological polar surface area (TPSA) is 130 Å². The number of imide groups is 1. The van der Waals surface area contributed by atoms with Crippen molar-refractivity contribution < 1.29 is 30.0 Å². The number of carbonyl (C=O) groups excluding carboxylic acids is 2. The lowest BCUT2D eigenvalue weighted by atomic mass is 10.0. The zero-order valence-electron chi connectivity index (χ0n) is 11.6. The van der Waals surface area contributed by atoms with Gasteiger partial charge in [-0.3, -0.25) is 15.0 Å². The summed E-state index contributed by atoms with van der Waals surface area (Å²) >= 11 is 0. The number of aromatic hydroxyl groups is 4. The highest BCUT2D eigenvalue weighted by Gasteiger charge is 2.42. The lowest BCUT2D eigenvalue weighted by Gasteiger charge is -2.23. The van der Waals surface area contributed by atoms with Crippen LogP contribution < -0.4 is 10.2 Å². The number of nitrogens with one attached hydrogen (secondary N) is 1. The molecule has 1 saturated heterocycles. The molecule has 118 valence electrons. The number of amides is 3. The molecule has 2 aromatic carbocycles. The molecule has 2 aromatic rings. The summed E-state index contributed by atoms with van der Waals surface area (Å²) in [5, 5.41) is 40.6. The summed E-state index contributed by atoms with van der Waals surface area (Å²) in [5.41, 5.74) is 0.164. The minimum atomic E-state index is -1.25. The number of phenolic OH excluding ortho intramolecular Hbond substituents is 4.